The number of rotatable bonds is 4. The van der Waals surface area contributed by atoms with Crippen LogP contribution in [0.3, 0.4) is 0 Å². The summed E-state index contributed by atoms with van der Waals surface area (Å²) in [5, 5.41) is 3.50. The third-order valence-electron chi connectivity index (χ3n) is 4.06. The van der Waals surface area contributed by atoms with Crippen LogP contribution in [0.5, 0.6) is 5.75 Å². The summed E-state index contributed by atoms with van der Waals surface area (Å²) >= 11 is 0. The normalized spacial score (nSPS) is 27.1. The molecule has 112 valence electrons. The summed E-state index contributed by atoms with van der Waals surface area (Å²) in [5.41, 5.74) is 1.11. The molecule has 0 radical (unpaired) electrons. The number of hydrogen-bond donors (Lipinski definition) is 1. The zero-order valence-electron chi connectivity index (χ0n) is 13.3. The molecular formula is C17H27NO2. The molecule has 1 aliphatic heterocycles. The van der Waals surface area contributed by atoms with E-state index in [1.807, 2.05) is 26.0 Å². The largest absolute Gasteiger partial charge is 0.491 e. The summed E-state index contributed by atoms with van der Waals surface area (Å²) < 4.78 is 12.0. The molecule has 2 atom stereocenters. The van der Waals surface area contributed by atoms with E-state index in [2.05, 4.69) is 38.2 Å². The van der Waals surface area contributed by atoms with E-state index >= 15 is 0 Å². The van der Waals surface area contributed by atoms with Gasteiger partial charge in [-0.3, -0.25) is 0 Å². The minimum absolute atomic E-state index is 0.101. The topological polar surface area (TPSA) is 30.5 Å². The summed E-state index contributed by atoms with van der Waals surface area (Å²) in [4.78, 5) is 0. The second kappa shape index (κ2) is 6.15. The summed E-state index contributed by atoms with van der Waals surface area (Å²) in [6.45, 7) is 12.5. The fraction of sp³-hybridized carbons (Fsp3) is 0.647. The van der Waals surface area contributed by atoms with E-state index in [0.717, 1.165) is 18.8 Å². The van der Waals surface area contributed by atoms with E-state index in [9.17, 15) is 0 Å². The maximum atomic E-state index is 6.34. The van der Waals surface area contributed by atoms with Gasteiger partial charge in [0.1, 0.15) is 5.75 Å². The maximum Gasteiger partial charge on any atom is 0.119 e. The fourth-order valence-corrected chi connectivity index (χ4v) is 2.42. The zero-order chi connectivity index (χ0) is 14.8. The average molecular weight is 277 g/mol. The molecule has 1 saturated heterocycles. The number of ether oxygens (including phenoxy) is 2. The molecule has 1 aromatic rings. The quantitative estimate of drug-likeness (QED) is 0.913. The molecule has 1 aliphatic rings. The van der Waals surface area contributed by atoms with Gasteiger partial charge in [-0.1, -0.05) is 26.0 Å². The van der Waals surface area contributed by atoms with Crippen LogP contribution in [-0.2, 0) is 4.74 Å². The van der Waals surface area contributed by atoms with Gasteiger partial charge in [0.2, 0.25) is 0 Å². The van der Waals surface area contributed by atoms with Gasteiger partial charge in [-0.05, 0) is 44.4 Å². The van der Waals surface area contributed by atoms with Crippen LogP contribution in [0.4, 0.5) is 0 Å². The first-order valence-electron chi connectivity index (χ1n) is 7.56. The Hall–Kier alpha value is -1.06. The molecule has 2 unspecified atom stereocenters. The van der Waals surface area contributed by atoms with Crippen LogP contribution < -0.4 is 10.1 Å². The van der Waals surface area contributed by atoms with Crippen molar-refractivity contribution in [3.8, 4) is 5.75 Å². The monoisotopic (exact) mass is 277 g/mol. The van der Waals surface area contributed by atoms with E-state index in [-0.39, 0.29) is 17.8 Å². The SMILES string of the molecule is CC(C)Oc1ccc(C2CNCC(C)(C(C)C)O2)cc1. The van der Waals surface area contributed by atoms with Crippen LogP contribution >= 0.6 is 0 Å². The molecule has 0 amide bonds. The predicted molar refractivity (Wildman–Crippen MR) is 82.1 cm³/mol. The zero-order valence-corrected chi connectivity index (χ0v) is 13.3. The molecule has 2 rings (SSSR count). The van der Waals surface area contributed by atoms with E-state index < -0.39 is 0 Å². The van der Waals surface area contributed by atoms with Gasteiger partial charge in [0, 0.05) is 13.1 Å². The van der Waals surface area contributed by atoms with Gasteiger partial charge in [-0.15, -0.1) is 0 Å². The minimum atomic E-state index is -0.101. The fourth-order valence-electron chi connectivity index (χ4n) is 2.42. The number of hydrogen-bond acceptors (Lipinski definition) is 3. The summed E-state index contributed by atoms with van der Waals surface area (Å²) in [6.07, 6.45) is 0.321. The van der Waals surface area contributed by atoms with Crippen molar-refractivity contribution in [1.29, 1.82) is 0 Å². The molecule has 1 fully saturated rings. The third-order valence-corrected chi connectivity index (χ3v) is 4.06. The Bertz CT molecular complexity index is 427. The van der Waals surface area contributed by atoms with Crippen LogP contribution in [0.2, 0.25) is 0 Å². The lowest BCUT2D eigenvalue weighted by atomic mass is 9.90. The van der Waals surface area contributed by atoms with E-state index in [4.69, 9.17) is 9.47 Å². The first-order valence-corrected chi connectivity index (χ1v) is 7.56. The van der Waals surface area contributed by atoms with Crippen LogP contribution in [0.15, 0.2) is 24.3 Å². The van der Waals surface area contributed by atoms with Crippen LogP contribution in [0.1, 0.15) is 46.3 Å². The molecule has 3 nitrogen and oxygen atoms in total. The molecule has 0 saturated carbocycles. The van der Waals surface area contributed by atoms with Gasteiger partial charge in [-0.25, -0.2) is 0 Å². The van der Waals surface area contributed by atoms with Crippen LogP contribution in [-0.4, -0.2) is 24.8 Å². The van der Waals surface area contributed by atoms with Crippen LogP contribution in [0, 0.1) is 5.92 Å². The Morgan fingerprint density at radius 2 is 1.85 bits per heavy atom. The van der Waals surface area contributed by atoms with Crippen molar-refractivity contribution < 1.29 is 9.47 Å². The number of nitrogens with one attached hydrogen (secondary N) is 1. The number of benzene rings is 1. The highest BCUT2D eigenvalue weighted by atomic mass is 16.5. The minimum Gasteiger partial charge on any atom is -0.491 e. The lowest BCUT2D eigenvalue weighted by molar-refractivity contribution is -0.132. The first kappa shape index (κ1) is 15.3. The van der Waals surface area contributed by atoms with Crippen molar-refractivity contribution >= 4 is 0 Å². The molecule has 0 bridgehead atoms. The van der Waals surface area contributed by atoms with Crippen LogP contribution in [0.25, 0.3) is 0 Å². The molecular weight excluding hydrogens is 250 g/mol. The molecule has 1 N–H and O–H groups in total. The highest BCUT2D eigenvalue weighted by molar-refractivity contribution is 5.29. The van der Waals surface area contributed by atoms with Gasteiger partial charge in [0.05, 0.1) is 17.8 Å². The first-order chi connectivity index (χ1) is 9.40. The highest BCUT2D eigenvalue weighted by Gasteiger charge is 2.36. The predicted octanol–water partition coefficient (Wildman–Crippen LogP) is 3.55. The van der Waals surface area contributed by atoms with Crippen molar-refractivity contribution in [1.82, 2.24) is 5.32 Å². The maximum absolute atomic E-state index is 6.34. The Labute approximate surface area is 122 Å². The lowest BCUT2D eigenvalue weighted by Gasteiger charge is -2.42. The van der Waals surface area contributed by atoms with Gasteiger partial charge in [-0.2, -0.15) is 0 Å². The van der Waals surface area contributed by atoms with Gasteiger partial charge < -0.3 is 14.8 Å². The summed E-state index contributed by atoms with van der Waals surface area (Å²) in [5.74, 6) is 1.40. The smallest absolute Gasteiger partial charge is 0.119 e. The van der Waals surface area contributed by atoms with Crippen molar-refractivity contribution in [2.75, 3.05) is 13.1 Å². The van der Waals surface area contributed by atoms with Crippen molar-refractivity contribution in [2.45, 2.75) is 52.4 Å². The molecule has 0 aliphatic carbocycles. The van der Waals surface area contributed by atoms with Gasteiger partial charge >= 0.3 is 0 Å². The molecule has 0 aromatic heterocycles. The van der Waals surface area contributed by atoms with E-state index in [1.165, 1.54) is 5.56 Å². The van der Waals surface area contributed by atoms with Crippen molar-refractivity contribution in [3.63, 3.8) is 0 Å². The third kappa shape index (κ3) is 3.53. The van der Waals surface area contributed by atoms with Crippen molar-refractivity contribution in [2.24, 2.45) is 5.92 Å². The molecule has 20 heavy (non-hydrogen) atoms. The second-order valence-corrected chi connectivity index (χ2v) is 6.44. The Kier molecular flexibility index (Phi) is 4.71. The average Bonchev–Trinajstić information content (AvgIpc) is 2.39. The number of morpholine rings is 1. The molecule has 1 aromatic carbocycles. The standard InChI is InChI=1S/C17H27NO2/c1-12(2)17(5)11-18-10-16(20-17)14-6-8-15(9-7-14)19-13(3)4/h6-9,12-13,16,18H,10-11H2,1-5H3. The van der Waals surface area contributed by atoms with Crippen molar-refractivity contribution in [3.05, 3.63) is 29.8 Å². The lowest BCUT2D eigenvalue weighted by Crippen LogP contribution is -2.52. The highest BCUT2D eigenvalue weighted by Crippen LogP contribution is 2.32. The molecule has 3 heteroatoms. The van der Waals surface area contributed by atoms with Gasteiger partial charge in [0.25, 0.3) is 0 Å². The summed E-state index contributed by atoms with van der Waals surface area (Å²) in [7, 11) is 0. The Morgan fingerprint density at radius 1 is 1.20 bits per heavy atom. The molecule has 1 heterocycles. The second-order valence-electron chi connectivity index (χ2n) is 6.44. The van der Waals surface area contributed by atoms with E-state index in [1.54, 1.807) is 0 Å². The Morgan fingerprint density at radius 3 is 2.40 bits per heavy atom. The Balaban J connectivity index is 2.07. The molecule has 0 spiro atoms. The van der Waals surface area contributed by atoms with E-state index in [0.29, 0.717) is 5.92 Å². The van der Waals surface area contributed by atoms with Gasteiger partial charge in [0.15, 0.2) is 0 Å². The summed E-state index contributed by atoms with van der Waals surface area (Å²) in [6, 6.07) is 8.27.